The third-order valence-electron chi connectivity index (χ3n) is 2.76. The highest BCUT2D eigenvalue weighted by Crippen LogP contribution is 2.17. The molecule has 0 atom stereocenters. The van der Waals surface area contributed by atoms with E-state index in [1.54, 1.807) is 0 Å². The van der Waals surface area contributed by atoms with Gasteiger partial charge in [-0.2, -0.15) is 0 Å². The van der Waals surface area contributed by atoms with Gasteiger partial charge in [-0.3, -0.25) is 4.79 Å². The number of hydrogen-bond donors (Lipinski definition) is 1. The Morgan fingerprint density at radius 1 is 0.957 bits per heavy atom. The van der Waals surface area contributed by atoms with E-state index in [1.807, 2.05) is 0 Å². The molecule has 0 aliphatic heterocycles. The van der Waals surface area contributed by atoms with E-state index in [0.29, 0.717) is 11.8 Å². The Morgan fingerprint density at radius 2 is 1.65 bits per heavy atom. The van der Waals surface area contributed by atoms with Crippen LogP contribution in [-0.2, 0) is 4.79 Å². The van der Waals surface area contributed by atoms with Crippen LogP contribution in [0.15, 0.2) is 42.5 Å². The summed E-state index contributed by atoms with van der Waals surface area (Å²) in [6.07, 6.45) is 0. The molecule has 0 saturated heterocycles. The maximum atomic E-state index is 13.3. The predicted molar refractivity (Wildman–Crippen MR) is 76.8 cm³/mol. The van der Waals surface area contributed by atoms with Crippen molar-refractivity contribution >= 4 is 5.91 Å². The molecule has 122 valence electrons. The van der Waals surface area contributed by atoms with Gasteiger partial charge >= 0.3 is 0 Å². The van der Waals surface area contributed by atoms with Gasteiger partial charge in [0.05, 0.1) is 6.54 Å². The second-order valence-corrected chi connectivity index (χ2v) is 4.52. The van der Waals surface area contributed by atoms with E-state index < -0.39 is 24.1 Å². The molecule has 2 aromatic carbocycles. The maximum Gasteiger partial charge on any atom is 0.258 e. The van der Waals surface area contributed by atoms with E-state index in [2.05, 4.69) is 5.32 Å². The largest absolute Gasteiger partial charge is 0.492 e. The van der Waals surface area contributed by atoms with E-state index in [-0.39, 0.29) is 24.7 Å². The summed E-state index contributed by atoms with van der Waals surface area (Å²) in [5, 5.41) is 2.51. The van der Waals surface area contributed by atoms with Crippen molar-refractivity contribution in [1.29, 1.82) is 0 Å². The Kier molecular flexibility index (Phi) is 5.85. The van der Waals surface area contributed by atoms with Gasteiger partial charge in [0, 0.05) is 6.07 Å². The number of hydrogen-bond acceptors (Lipinski definition) is 3. The number of nitrogens with one attached hydrogen (secondary N) is 1. The van der Waals surface area contributed by atoms with Crippen LogP contribution in [0.25, 0.3) is 0 Å². The molecule has 2 rings (SSSR count). The summed E-state index contributed by atoms with van der Waals surface area (Å²) < 4.78 is 48.9. The molecule has 1 amide bonds. The van der Waals surface area contributed by atoms with Gasteiger partial charge in [-0.25, -0.2) is 13.2 Å². The molecule has 0 spiro atoms. The molecule has 0 heterocycles. The minimum absolute atomic E-state index is 0.183. The van der Waals surface area contributed by atoms with Crippen molar-refractivity contribution in [3.63, 3.8) is 0 Å². The Labute approximate surface area is 130 Å². The normalized spacial score (nSPS) is 10.2. The molecule has 4 nitrogen and oxygen atoms in total. The first-order valence-corrected chi connectivity index (χ1v) is 6.77. The molecule has 0 unspecified atom stereocenters. The molecule has 0 bridgehead atoms. The minimum atomic E-state index is -0.877. The summed E-state index contributed by atoms with van der Waals surface area (Å²) >= 11 is 0. The van der Waals surface area contributed by atoms with Crippen LogP contribution in [0.2, 0.25) is 0 Å². The fraction of sp³-hybridized carbons (Fsp3) is 0.188. The fourth-order valence-electron chi connectivity index (χ4n) is 1.68. The Morgan fingerprint density at radius 3 is 2.35 bits per heavy atom. The highest BCUT2D eigenvalue weighted by Gasteiger charge is 2.07. The van der Waals surface area contributed by atoms with Gasteiger partial charge in [-0.15, -0.1) is 0 Å². The maximum absolute atomic E-state index is 13.3. The number of benzene rings is 2. The topological polar surface area (TPSA) is 47.6 Å². The molecular weight excluding hydrogens is 311 g/mol. The zero-order chi connectivity index (χ0) is 16.7. The van der Waals surface area contributed by atoms with E-state index in [9.17, 15) is 18.0 Å². The Hall–Kier alpha value is -2.70. The van der Waals surface area contributed by atoms with Gasteiger partial charge in [-0.05, 0) is 36.4 Å². The van der Waals surface area contributed by atoms with Crippen molar-refractivity contribution in [2.24, 2.45) is 0 Å². The van der Waals surface area contributed by atoms with Crippen LogP contribution in [0.1, 0.15) is 0 Å². The molecule has 2 aromatic rings. The SMILES string of the molecule is O=C(COc1ccc(F)cc1F)NCCOc1ccc(F)cc1. The highest BCUT2D eigenvalue weighted by atomic mass is 19.1. The first kappa shape index (κ1) is 16.7. The zero-order valence-corrected chi connectivity index (χ0v) is 12.0. The van der Waals surface area contributed by atoms with Gasteiger partial charge in [0.25, 0.3) is 5.91 Å². The summed E-state index contributed by atoms with van der Waals surface area (Å²) in [5.74, 6) is -2.17. The van der Waals surface area contributed by atoms with Gasteiger partial charge in [0.15, 0.2) is 18.2 Å². The highest BCUT2D eigenvalue weighted by molar-refractivity contribution is 5.77. The van der Waals surface area contributed by atoms with Gasteiger partial charge in [0.2, 0.25) is 0 Å². The standard InChI is InChI=1S/C16H14F3NO3/c17-11-1-4-13(5-2-11)22-8-7-20-16(21)10-23-15-6-3-12(18)9-14(15)19/h1-6,9H,7-8,10H2,(H,20,21). The molecule has 0 aliphatic carbocycles. The van der Waals surface area contributed by atoms with Crippen LogP contribution in [-0.4, -0.2) is 25.7 Å². The molecule has 0 aromatic heterocycles. The number of ether oxygens (including phenoxy) is 2. The summed E-state index contributed by atoms with van der Waals surface area (Å²) in [6.45, 7) is -0.0210. The van der Waals surface area contributed by atoms with Crippen molar-refractivity contribution in [3.05, 3.63) is 59.9 Å². The lowest BCUT2D eigenvalue weighted by Gasteiger charge is -2.09. The summed E-state index contributed by atoms with van der Waals surface area (Å²) in [4.78, 5) is 11.5. The van der Waals surface area contributed by atoms with E-state index in [1.165, 1.54) is 24.3 Å². The molecule has 23 heavy (non-hydrogen) atoms. The number of carbonyl (C=O) groups excluding carboxylic acids is 1. The number of halogens is 3. The van der Waals surface area contributed by atoms with Crippen LogP contribution < -0.4 is 14.8 Å². The second kappa shape index (κ2) is 8.07. The second-order valence-electron chi connectivity index (χ2n) is 4.52. The van der Waals surface area contributed by atoms with Crippen molar-refractivity contribution in [2.45, 2.75) is 0 Å². The molecule has 7 heteroatoms. The molecule has 0 saturated carbocycles. The zero-order valence-electron chi connectivity index (χ0n) is 12.0. The predicted octanol–water partition coefficient (Wildman–Crippen LogP) is 2.68. The van der Waals surface area contributed by atoms with Crippen LogP contribution in [0.3, 0.4) is 0 Å². The smallest absolute Gasteiger partial charge is 0.258 e. The lowest BCUT2D eigenvalue weighted by Crippen LogP contribution is -2.32. The summed E-state index contributed by atoms with van der Waals surface area (Å²) in [5.41, 5.74) is 0. The number of carbonyl (C=O) groups is 1. The first-order chi connectivity index (χ1) is 11.0. The Balaban J connectivity index is 1.66. The number of rotatable bonds is 7. The third kappa shape index (κ3) is 5.54. The van der Waals surface area contributed by atoms with Crippen molar-refractivity contribution in [3.8, 4) is 11.5 Å². The van der Waals surface area contributed by atoms with E-state index >= 15 is 0 Å². The average Bonchev–Trinajstić information content (AvgIpc) is 2.52. The first-order valence-electron chi connectivity index (χ1n) is 6.77. The van der Waals surface area contributed by atoms with Gasteiger partial charge in [0.1, 0.15) is 24.0 Å². The van der Waals surface area contributed by atoms with E-state index in [0.717, 1.165) is 12.1 Å². The van der Waals surface area contributed by atoms with Crippen LogP contribution in [0, 0.1) is 17.5 Å². The third-order valence-corrected chi connectivity index (χ3v) is 2.76. The average molecular weight is 325 g/mol. The van der Waals surface area contributed by atoms with Crippen molar-refractivity contribution < 1.29 is 27.4 Å². The van der Waals surface area contributed by atoms with Gasteiger partial charge < -0.3 is 14.8 Å². The lowest BCUT2D eigenvalue weighted by atomic mass is 10.3. The summed E-state index contributed by atoms with van der Waals surface area (Å²) in [7, 11) is 0. The summed E-state index contributed by atoms with van der Waals surface area (Å²) in [6, 6.07) is 8.28. The fourth-order valence-corrected chi connectivity index (χ4v) is 1.68. The van der Waals surface area contributed by atoms with Crippen LogP contribution >= 0.6 is 0 Å². The van der Waals surface area contributed by atoms with E-state index in [4.69, 9.17) is 9.47 Å². The monoisotopic (exact) mass is 325 g/mol. The number of amides is 1. The van der Waals surface area contributed by atoms with Gasteiger partial charge in [-0.1, -0.05) is 0 Å². The quantitative estimate of drug-likeness (QED) is 0.796. The lowest BCUT2D eigenvalue weighted by molar-refractivity contribution is -0.123. The molecule has 0 aliphatic rings. The van der Waals surface area contributed by atoms with Crippen molar-refractivity contribution in [1.82, 2.24) is 5.32 Å². The van der Waals surface area contributed by atoms with Crippen LogP contribution in [0.4, 0.5) is 13.2 Å². The molecule has 0 fully saturated rings. The van der Waals surface area contributed by atoms with Crippen LogP contribution in [0.5, 0.6) is 11.5 Å². The van der Waals surface area contributed by atoms with Crippen molar-refractivity contribution in [2.75, 3.05) is 19.8 Å². The Bertz CT molecular complexity index is 662. The molecule has 0 radical (unpaired) electrons. The molecular formula is C16H14F3NO3. The molecule has 1 N–H and O–H groups in total. The minimum Gasteiger partial charge on any atom is -0.492 e.